The number of ether oxygens (including phenoxy) is 1. The molecule has 1 aromatic heterocycles. The van der Waals surface area contributed by atoms with Crippen LogP contribution in [0.4, 0.5) is 0 Å². The quantitative estimate of drug-likeness (QED) is 0.225. The number of esters is 1. The molecule has 0 saturated heterocycles. The Hall–Kier alpha value is -2.86. The van der Waals surface area contributed by atoms with Crippen LogP contribution in [-0.2, 0) is 27.9 Å². The Balaban J connectivity index is 1.69. The van der Waals surface area contributed by atoms with Crippen LogP contribution in [0.2, 0.25) is 0 Å². The van der Waals surface area contributed by atoms with Crippen LogP contribution in [0.3, 0.4) is 0 Å². The Morgan fingerprint density at radius 3 is 2.56 bits per heavy atom. The first-order chi connectivity index (χ1) is 17.5. The number of fused-ring (bicyclic) bond motifs is 3. The summed E-state index contributed by atoms with van der Waals surface area (Å²) < 4.78 is 6.94. The Morgan fingerprint density at radius 1 is 1.08 bits per heavy atom. The smallest absolute Gasteiger partial charge is 0.316 e. The normalized spacial score (nSPS) is 19.4. The zero-order valence-electron chi connectivity index (χ0n) is 21.2. The molecule has 1 fully saturated rings. The van der Waals surface area contributed by atoms with Crippen molar-refractivity contribution in [3.63, 3.8) is 0 Å². The molecule has 5 nitrogen and oxygen atoms in total. The summed E-state index contributed by atoms with van der Waals surface area (Å²) in [7, 11) is 0. The van der Waals surface area contributed by atoms with Crippen LogP contribution >= 0.6 is 11.8 Å². The van der Waals surface area contributed by atoms with Gasteiger partial charge in [0.25, 0.3) is 5.56 Å². The molecule has 0 radical (unpaired) electrons. The molecule has 2 aliphatic carbocycles. The average molecular weight is 503 g/mol. The zero-order valence-corrected chi connectivity index (χ0v) is 22.0. The largest absolute Gasteiger partial charge is 0.465 e. The van der Waals surface area contributed by atoms with Gasteiger partial charge >= 0.3 is 5.97 Å². The maximum absolute atomic E-state index is 14.5. The van der Waals surface area contributed by atoms with E-state index in [4.69, 9.17) is 9.72 Å². The third-order valence-electron chi connectivity index (χ3n) is 7.85. The van der Waals surface area contributed by atoms with Crippen molar-refractivity contribution in [1.82, 2.24) is 9.55 Å². The lowest BCUT2D eigenvalue weighted by atomic mass is 9.60. The van der Waals surface area contributed by atoms with Crippen LogP contribution in [0.15, 0.2) is 64.5 Å². The summed E-state index contributed by atoms with van der Waals surface area (Å²) in [6, 6.07) is 18.4. The van der Waals surface area contributed by atoms with Gasteiger partial charge in [0.15, 0.2) is 5.16 Å². The summed E-state index contributed by atoms with van der Waals surface area (Å²) in [5.41, 5.74) is 4.74. The molecule has 0 amide bonds. The predicted molar refractivity (Wildman–Crippen MR) is 144 cm³/mol. The molecule has 1 saturated carbocycles. The Kier molecular flexibility index (Phi) is 7.33. The Labute approximate surface area is 217 Å². The molecule has 0 bridgehead atoms. The van der Waals surface area contributed by atoms with Gasteiger partial charge in [-0.2, -0.15) is 0 Å². The van der Waals surface area contributed by atoms with Crippen molar-refractivity contribution < 1.29 is 9.53 Å². The summed E-state index contributed by atoms with van der Waals surface area (Å²) in [5.74, 6) is 0.277. The highest BCUT2D eigenvalue weighted by atomic mass is 32.2. The number of hydrogen-bond acceptors (Lipinski definition) is 5. The molecule has 0 spiro atoms. The van der Waals surface area contributed by atoms with Gasteiger partial charge in [-0.3, -0.25) is 14.2 Å². The van der Waals surface area contributed by atoms with Crippen molar-refractivity contribution in [2.75, 3.05) is 12.4 Å². The fraction of sp³-hybridized carbons (Fsp3) is 0.433. The zero-order chi connectivity index (χ0) is 25.1. The van der Waals surface area contributed by atoms with E-state index in [1.807, 2.05) is 36.4 Å². The first-order valence-electron chi connectivity index (χ1n) is 13.1. The molecular weight excluding hydrogens is 468 g/mol. The molecule has 5 rings (SSSR count). The van der Waals surface area contributed by atoms with E-state index in [0.29, 0.717) is 24.2 Å². The van der Waals surface area contributed by atoms with Crippen LogP contribution in [-0.4, -0.2) is 27.9 Å². The maximum Gasteiger partial charge on any atom is 0.316 e. The van der Waals surface area contributed by atoms with E-state index in [9.17, 15) is 9.59 Å². The highest BCUT2D eigenvalue weighted by Gasteiger charge is 2.44. The van der Waals surface area contributed by atoms with Crippen LogP contribution in [0.25, 0.3) is 11.3 Å². The first kappa shape index (κ1) is 24.8. The fourth-order valence-corrected chi connectivity index (χ4v) is 6.85. The second kappa shape index (κ2) is 10.6. The molecule has 1 heterocycles. The molecule has 36 heavy (non-hydrogen) atoms. The van der Waals surface area contributed by atoms with Crippen LogP contribution in [0, 0.1) is 5.92 Å². The summed E-state index contributed by atoms with van der Waals surface area (Å²) >= 11 is 1.29. The lowest BCUT2D eigenvalue weighted by Gasteiger charge is -2.44. The third kappa shape index (κ3) is 4.75. The lowest BCUT2D eigenvalue weighted by Crippen LogP contribution is -2.45. The molecule has 0 N–H and O–H groups in total. The monoisotopic (exact) mass is 502 g/mol. The van der Waals surface area contributed by atoms with Crippen molar-refractivity contribution in [2.45, 2.75) is 69.5 Å². The minimum absolute atomic E-state index is 0.0257. The number of carbonyl (C=O) groups excluding carboxylic acids is 1. The lowest BCUT2D eigenvalue weighted by molar-refractivity contribution is -0.139. The van der Waals surface area contributed by atoms with Crippen LogP contribution < -0.4 is 5.56 Å². The van der Waals surface area contributed by atoms with Gasteiger partial charge in [-0.05, 0) is 43.2 Å². The molecular formula is C30H34N2O3S. The number of nitrogens with zero attached hydrogens (tertiary/aromatic N) is 2. The van der Waals surface area contributed by atoms with Crippen molar-refractivity contribution in [3.8, 4) is 11.3 Å². The van der Waals surface area contributed by atoms with E-state index >= 15 is 0 Å². The second-order valence-corrected chi connectivity index (χ2v) is 11.1. The summed E-state index contributed by atoms with van der Waals surface area (Å²) in [4.78, 5) is 31.8. The fourth-order valence-electron chi connectivity index (χ4n) is 6.06. The second-order valence-electron chi connectivity index (χ2n) is 10.2. The topological polar surface area (TPSA) is 61.2 Å². The summed E-state index contributed by atoms with van der Waals surface area (Å²) in [6.45, 7) is 4.85. The Morgan fingerprint density at radius 2 is 1.81 bits per heavy atom. The molecule has 0 aliphatic heterocycles. The predicted octanol–water partition coefficient (Wildman–Crippen LogP) is 6.01. The number of rotatable bonds is 7. The summed E-state index contributed by atoms with van der Waals surface area (Å²) in [5, 5.41) is 0.568. The first-order valence-corrected chi connectivity index (χ1v) is 14.1. The van der Waals surface area contributed by atoms with E-state index in [1.165, 1.54) is 36.6 Å². The molecule has 3 aromatic rings. The highest BCUT2D eigenvalue weighted by molar-refractivity contribution is 7.99. The number of hydrogen-bond donors (Lipinski definition) is 0. The third-order valence-corrected chi connectivity index (χ3v) is 8.80. The van der Waals surface area contributed by atoms with Crippen LogP contribution in [0.5, 0.6) is 0 Å². The SMILES string of the molecule is CCOC(=O)CSc1nc2c(c(=O)n1Cc1ccccc1)C(C)(C1CCCCC1)Cc1ccccc1-2. The summed E-state index contributed by atoms with van der Waals surface area (Å²) in [6.07, 6.45) is 6.87. The van der Waals surface area contributed by atoms with E-state index in [1.54, 1.807) is 11.5 Å². The van der Waals surface area contributed by atoms with E-state index in [-0.39, 0.29) is 22.7 Å². The molecule has 1 atom stereocenters. The van der Waals surface area contributed by atoms with Gasteiger partial charge in [-0.1, -0.05) is 92.5 Å². The average Bonchev–Trinajstić information content (AvgIpc) is 2.90. The number of benzene rings is 2. The van der Waals surface area contributed by atoms with E-state index < -0.39 is 0 Å². The van der Waals surface area contributed by atoms with Crippen molar-refractivity contribution >= 4 is 17.7 Å². The van der Waals surface area contributed by atoms with Crippen molar-refractivity contribution in [2.24, 2.45) is 5.92 Å². The van der Waals surface area contributed by atoms with Gasteiger partial charge in [-0.15, -0.1) is 0 Å². The van der Waals surface area contributed by atoms with E-state index in [2.05, 4.69) is 25.1 Å². The van der Waals surface area contributed by atoms with Crippen molar-refractivity contribution in [1.29, 1.82) is 0 Å². The standard InChI is InChI=1S/C30H34N2O3S/c1-3-35-25(33)20-36-29-31-27-24-17-11-10-14-22(24)18-30(2,23-15-8-5-9-16-23)26(27)28(34)32(29)19-21-12-6-4-7-13-21/h4,6-7,10-14,17,23H,3,5,8-9,15-16,18-20H2,1-2H3. The van der Waals surface area contributed by atoms with Gasteiger partial charge in [0, 0.05) is 11.0 Å². The molecule has 6 heteroatoms. The number of carbonyl (C=O) groups is 1. The van der Waals surface area contributed by atoms with Gasteiger partial charge in [0.2, 0.25) is 0 Å². The van der Waals surface area contributed by atoms with Gasteiger partial charge in [-0.25, -0.2) is 4.98 Å². The minimum Gasteiger partial charge on any atom is -0.465 e. The number of thioether (sulfide) groups is 1. The van der Waals surface area contributed by atoms with Gasteiger partial charge in [0.05, 0.1) is 30.2 Å². The van der Waals surface area contributed by atoms with Crippen LogP contribution in [0.1, 0.15) is 62.6 Å². The molecule has 2 aliphatic rings. The highest BCUT2D eigenvalue weighted by Crippen LogP contribution is 2.49. The van der Waals surface area contributed by atoms with E-state index in [0.717, 1.165) is 41.6 Å². The minimum atomic E-state index is -0.298. The Bertz CT molecular complexity index is 1300. The molecule has 1 unspecified atom stereocenters. The van der Waals surface area contributed by atoms with Crippen molar-refractivity contribution in [3.05, 3.63) is 81.6 Å². The molecule has 2 aromatic carbocycles. The maximum atomic E-state index is 14.5. The van der Waals surface area contributed by atoms with Gasteiger partial charge < -0.3 is 4.74 Å². The number of aromatic nitrogens is 2. The molecule has 188 valence electrons. The van der Waals surface area contributed by atoms with Gasteiger partial charge in [0.1, 0.15) is 0 Å².